The lowest BCUT2D eigenvalue weighted by Gasteiger charge is -2.34. The summed E-state index contributed by atoms with van der Waals surface area (Å²) in [5.41, 5.74) is 0. The second kappa shape index (κ2) is 5.48. The summed E-state index contributed by atoms with van der Waals surface area (Å²) in [4.78, 5) is 0. The molecule has 74 valence electrons. The van der Waals surface area contributed by atoms with Gasteiger partial charge in [-0.2, -0.15) is 0 Å². The monoisotopic (exact) mass is 178 g/mol. The summed E-state index contributed by atoms with van der Waals surface area (Å²) >= 11 is 0. The standard InChI is InChI=1S/C8H20NO3/c1-8(12)7-9(2,3-5-10)4-6-11/h8,10-12H,3-7H2,1-2H3/q+1. The maximum absolute atomic E-state index is 9.16. The minimum absolute atomic E-state index is 0.0865. The fourth-order valence-corrected chi connectivity index (χ4v) is 1.42. The van der Waals surface area contributed by atoms with Gasteiger partial charge in [-0.15, -0.1) is 0 Å². The van der Waals surface area contributed by atoms with Crippen LogP contribution in [-0.2, 0) is 0 Å². The third kappa shape index (κ3) is 4.66. The van der Waals surface area contributed by atoms with E-state index in [1.807, 2.05) is 7.05 Å². The summed E-state index contributed by atoms with van der Waals surface area (Å²) in [6, 6.07) is 0. The van der Waals surface area contributed by atoms with Gasteiger partial charge in [-0.05, 0) is 6.92 Å². The minimum Gasteiger partial charge on any atom is -0.391 e. The zero-order chi connectivity index (χ0) is 9.61. The molecule has 12 heavy (non-hydrogen) atoms. The van der Waals surface area contributed by atoms with Gasteiger partial charge in [0.15, 0.2) is 0 Å². The Morgan fingerprint density at radius 1 is 1.17 bits per heavy atom. The van der Waals surface area contributed by atoms with E-state index in [0.717, 1.165) is 0 Å². The molecule has 0 radical (unpaired) electrons. The highest BCUT2D eigenvalue weighted by molar-refractivity contribution is 4.46. The van der Waals surface area contributed by atoms with Crippen LogP contribution in [0.25, 0.3) is 0 Å². The van der Waals surface area contributed by atoms with Crippen LogP contribution in [0.5, 0.6) is 0 Å². The number of rotatable bonds is 6. The summed E-state index contributed by atoms with van der Waals surface area (Å²) in [7, 11) is 1.92. The van der Waals surface area contributed by atoms with Crippen LogP contribution in [0.2, 0.25) is 0 Å². The quantitative estimate of drug-likeness (QED) is 0.448. The summed E-state index contributed by atoms with van der Waals surface area (Å²) in [6.45, 7) is 3.61. The summed E-state index contributed by atoms with van der Waals surface area (Å²) in [5.74, 6) is 0. The van der Waals surface area contributed by atoms with Crippen LogP contribution in [0.3, 0.4) is 0 Å². The second-order valence-corrected chi connectivity index (χ2v) is 3.55. The van der Waals surface area contributed by atoms with Crippen molar-refractivity contribution in [2.75, 3.05) is 39.9 Å². The molecule has 0 aliphatic heterocycles. The molecule has 0 spiro atoms. The van der Waals surface area contributed by atoms with Crippen LogP contribution in [0, 0.1) is 0 Å². The Bertz CT molecular complexity index is 111. The predicted molar refractivity (Wildman–Crippen MR) is 46.6 cm³/mol. The molecule has 1 unspecified atom stereocenters. The molecule has 0 saturated carbocycles. The van der Waals surface area contributed by atoms with Crippen molar-refractivity contribution in [2.45, 2.75) is 13.0 Å². The van der Waals surface area contributed by atoms with Crippen LogP contribution < -0.4 is 0 Å². The smallest absolute Gasteiger partial charge is 0.105 e. The van der Waals surface area contributed by atoms with Gasteiger partial charge in [0.25, 0.3) is 0 Å². The van der Waals surface area contributed by atoms with Crippen molar-refractivity contribution >= 4 is 0 Å². The van der Waals surface area contributed by atoms with Crippen molar-refractivity contribution in [1.82, 2.24) is 0 Å². The number of hydrogen-bond donors (Lipinski definition) is 3. The van der Waals surface area contributed by atoms with Gasteiger partial charge in [0.2, 0.25) is 0 Å². The first-order valence-electron chi connectivity index (χ1n) is 4.27. The Kier molecular flexibility index (Phi) is 5.41. The molecule has 0 aromatic heterocycles. The molecule has 0 saturated heterocycles. The van der Waals surface area contributed by atoms with Gasteiger partial charge in [0.1, 0.15) is 25.7 Å². The van der Waals surface area contributed by atoms with Crippen molar-refractivity contribution in [3.8, 4) is 0 Å². The van der Waals surface area contributed by atoms with Crippen molar-refractivity contribution in [3.63, 3.8) is 0 Å². The lowest BCUT2D eigenvalue weighted by Crippen LogP contribution is -2.51. The van der Waals surface area contributed by atoms with E-state index in [4.69, 9.17) is 15.3 Å². The normalized spacial score (nSPS) is 14.8. The number of likely N-dealkylation sites (N-methyl/N-ethyl adjacent to an activating group) is 1. The fourth-order valence-electron chi connectivity index (χ4n) is 1.42. The molecule has 0 fully saturated rings. The Balaban J connectivity index is 3.98. The topological polar surface area (TPSA) is 60.7 Å². The van der Waals surface area contributed by atoms with E-state index in [9.17, 15) is 0 Å². The third-order valence-corrected chi connectivity index (χ3v) is 1.98. The highest BCUT2D eigenvalue weighted by Gasteiger charge is 2.22. The second-order valence-electron chi connectivity index (χ2n) is 3.55. The molecule has 0 heterocycles. The number of hydrogen-bond acceptors (Lipinski definition) is 3. The lowest BCUT2D eigenvalue weighted by atomic mass is 10.3. The van der Waals surface area contributed by atoms with Gasteiger partial charge in [-0.3, -0.25) is 0 Å². The maximum atomic E-state index is 9.16. The molecular formula is C8H20NO3+. The Morgan fingerprint density at radius 3 is 1.83 bits per heavy atom. The SMILES string of the molecule is CC(O)C[N+](C)(CCO)CCO. The molecular weight excluding hydrogens is 158 g/mol. The summed E-state index contributed by atoms with van der Waals surface area (Å²) in [6.07, 6.45) is -0.395. The van der Waals surface area contributed by atoms with Crippen molar-refractivity contribution in [3.05, 3.63) is 0 Å². The molecule has 4 nitrogen and oxygen atoms in total. The van der Waals surface area contributed by atoms with Crippen LogP contribution in [0.4, 0.5) is 0 Å². The van der Waals surface area contributed by atoms with E-state index in [0.29, 0.717) is 24.1 Å². The minimum atomic E-state index is -0.395. The first-order chi connectivity index (χ1) is 5.54. The Labute approximate surface area is 73.6 Å². The van der Waals surface area contributed by atoms with E-state index < -0.39 is 6.10 Å². The molecule has 0 aliphatic carbocycles. The molecule has 3 N–H and O–H groups in total. The molecule has 0 rings (SSSR count). The van der Waals surface area contributed by atoms with Crippen LogP contribution in [0.15, 0.2) is 0 Å². The predicted octanol–water partition coefficient (Wildman–Crippen LogP) is -1.20. The summed E-state index contributed by atoms with van der Waals surface area (Å²) in [5, 5.41) is 26.7. The number of nitrogens with zero attached hydrogens (tertiary/aromatic N) is 1. The molecule has 0 amide bonds. The molecule has 0 aromatic carbocycles. The average molecular weight is 178 g/mol. The molecule has 0 aliphatic rings. The highest BCUT2D eigenvalue weighted by Crippen LogP contribution is 2.02. The van der Waals surface area contributed by atoms with Gasteiger partial charge in [-0.1, -0.05) is 0 Å². The Morgan fingerprint density at radius 2 is 1.58 bits per heavy atom. The first-order valence-corrected chi connectivity index (χ1v) is 4.27. The number of quaternary nitrogens is 1. The van der Waals surface area contributed by atoms with Crippen molar-refractivity contribution in [2.24, 2.45) is 0 Å². The summed E-state index contributed by atoms with van der Waals surface area (Å²) < 4.78 is 0.519. The first kappa shape index (κ1) is 11.8. The van der Waals surface area contributed by atoms with Gasteiger partial charge in [0, 0.05) is 0 Å². The van der Waals surface area contributed by atoms with E-state index in [2.05, 4.69) is 0 Å². The van der Waals surface area contributed by atoms with Crippen LogP contribution >= 0.6 is 0 Å². The molecule has 4 heteroatoms. The van der Waals surface area contributed by atoms with E-state index >= 15 is 0 Å². The molecule has 0 aromatic rings. The van der Waals surface area contributed by atoms with Crippen molar-refractivity contribution < 1.29 is 19.8 Å². The lowest BCUT2D eigenvalue weighted by molar-refractivity contribution is -0.912. The van der Waals surface area contributed by atoms with Gasteiger partial charge in [-0.25, -0.2) is 0 Å². The third-order valence-electron chi connectivity index (χ3n) is 1.98. The maximum Gasteiger partial charge on any atom is 0.105 e. The van der Waals surface area contributed by atoms with Crippen LogP contribution in [0.1, 0.15) is 6.92 Å². The van der Waals surface area contributed by atoms with Gasteiger partial charge < -0.3 is 19.8 Å². The van der Waals surface area contributed by atoms with Crippen LogP contribution in [-0.4, -0.2) is 65.8 Å². The highest BCUT2D eigenvalue weighted by atomic mass is 16.3. The average Bonchev–Trinajstić information content (AvgIpc) is 1.85. The number of aliphatic hydroxyl groups excluding tert-OH is 3. The van der Waals surface area contributed by atoms with E-state index in [1.54, 1.807) is 6.92 Å². The van der Waals surface area contributed by atoms with E-state index in [1.165, 1.54) is 0 Å². The van der Waals surface area contributed by atoms with Gasteiger partial charge in [0.05, 0.1) is 20.3 Å². The van der Waals surface area contributed by atoms with E-state index in [-0.39, 0.29) is 13.2 Å². The van der Waals surface area contributed by atoms with Gasteiger partial charge >= 0.3 is 0 Å². The zero-order valence-corrected chi connectivity index (χ0v) is 7.90. The molecule has 0 bridgehead atoms. The van der Waals surface area contributed by atoms with Crippen molar-refractivity contribution in [1.29, 1.82) is 0 Å². The molecule has 1 atom stereocenters. The fraction of sp³-hybridized carbons (Fsp3) is 1.00. The largest absolute Gasteiger partial charge is 0.391 e. The number of aliphatic hydroxyl groups is 3. The zero-order valence-electron chi connectivity index (χ0n) is 7.90. The Hall–Kier alpha value is -0.160.